The molecule has 1 aliphatic carbocycles. The second-order valence-electron chi connectivity index (χ2n) is 13.9. The highest BCUT2D eigenvalue weighted by atomic mass is 16.5. The number of nitrogens with one attached hydrogen (secondary N) is 3. The van der Waals surface area contributed by atoms with Gasteiger partial charge in [-0.15, -0.1) is 0 Å². The Morgan fingerprint density at radius 1 is 0.769 bits per heavy atom. The fraction of sp³-hybridized carbons (Fsp3) is 0.325. The molecule has 3 atom stereocenters. The Labute approximate surface area is 301 Å². The molecule has 12 heteroatoms. The Hall–Kier alpha value is -5.75. The molecule has 0 bridgehead atoms. The molecule has 1 saturated carbocycles. The number of nitrogens with zero attached hydrogens (tertiary/aromatic N) is 4. The fourth-order valence-electron chi connectivity index (χ4n) is 7.47. The molecule has 5 aromatic rings. The minimum atomic E-state index is -1.17. The third-order valence-electron chi connectivity index (χ3n) is 10.5. The van der Waals surface area contributed by atoms with Crippen LogP contribution in [0.2, 0.25) is 0 Å². The van der Waals surface area contributed by atoms with E-state index in [4.69, 9.17) is 4.74 Å². The van der Waals surface area contributed by atoms with Crippen LogP contribution in [0, 0.1) is 0 Å². The topological polar surface area (TPSA) is 157 Å². The first kappa shape index (κ1) is 33.4. The van der Waals surface area contributed by atoms with Crippen LogP contribution < -0.4 is 5.32 Å². The lowest BCUT2D eigenvalue weighted by Gasteiger charge is -2.28. The van der Waals surface area contributed by atoms with Gasteiger partial charge >= 0.3 is 6.09 Å². The number of likely N-dealkylation sites (tertiary alicyclic amines) is 2. The van der Waals surface area contributed by atoms with E-state index < -0.39 is 17.7 Å². The average molecular weight is 700 g/mol. The molecule has 2 saturated heterocycles. The molecule has 2 aromatic heterocycles. The summed E-state index contributed by atoms with van der Waals surface area (Å²) in [6.07, 6.45) is 7.33. The summed E-state index contributed by atoms with van der Waals surface area (Å²) >= 11 is 0. The van der Waals surface area contributed by atoms with E-state index in [0.29, 0.717) is 37.3 Å². The second-order valence-corrected chi connectivity index (χ2v) is 13.9. The normalized spacial score (nSPS) is 19.7. The van der Waals surface area contributed by atoms with Crippen molar-refractivity contribution in [3.8, 4) is 33.6 Å². The summed E-state index contributed by atoms with van der Waals surface area (Å²) in [5, 5.41) is 13.1. The van der Waals surface area contributed by atoms with Crippen LogP contribution >= 0.6 is 0 Å². The smallest absolute Gasteiger partial charge is 0.407 e. The number of aromatic amines is 2. The highest BCUT2D eigenvalue weighted by Gasteiger charge is 2.52. The van der Waals surface area contributed by atoms with Crippen LogP contribution in [0.5, 0.6) is 0 Å². The molecule has 3 fully saturated rings. The Morgan fingerprint density at radius 2 is 1.27 bits per heavy atom. The number of carbonyl (C=O) groups is 3. The van der Waals surface area contributed by atoms with E-state index in [1.165, 1.54) is 7.11 Å². The van der Waals surface area contributed by atoms with Crippen molar-refractivity contribution in [1.82, 2.24) is 35.1 Å². The van der Waals surface area contributed by atoms with Crippen molar-refractivity contribution in [2.45, 2.75) is 62.3 Å². The molecule has 4 heterocycles. The van der Waals surface area contributed by atoms with Gasteiger partial charge in [-0.3, -0.25) is 9.59 Å². The quantitative estimate of drug-likeness (QED) is 0.145. The molecule has 4 N–H and O–H groups in total. The van der Waals surface area contributed by atoms with E-state index in [1.54, 1.807) is 16.0 Å². The van der Waals surface area contributed by atoms with Gasteiger partial charge in [-0.2, -0.15) is 0 Å². The van der Waals surface area contributed by atoms with Gasteiger partial charge in [0, 0.05) is 13.1 Å². The van der Waals surface area contributed by atoms with Crippen LogP contribution in [-0.2, 0) is 14.3 Å². The zero-order valence-corrected chi connectivity index (χ0v) is 28.9. The predicted octanol–water partition coefficient (Wildman–Crippen LogP) is 6.08. The van der Waals surface area contributed by atoms with Crippen LogP contribution in [0.4, 0.5) is 4.79 Å². The maximum Gasteiger partial charge on any atom is 0.407 e. The lowest BCUT2D eigenvalue weighted by atomic mass is 10.0. The van der Waals surface area contributed by atoms with Gasteiger partial charge in [0.2, 0.25) is 0 Å². The number of ether oxygens (including phenoxy) is 1. The van der Waals surface area contributed by atoms with Crippen molar-refractivity contribution in [1.29, 1.82) is 0 Å². The standard InChI is InChI=1S/C40H41N7O5/c1-52-39(50)45-34(29-7-3-2-4-8-29)37(48)46-21-5-9-32(46)35-41-23-30(43-35)27-15-11-25(12-16-27)26-13-17-28(18-14-26)31-24-42-36(44-31)33-10-6-22-47(33)38(49)40(51)19-20-40/h2-4,7-8,11-18,23-24,32-34,51H,5-6,9-10,19-22H2,1H3,(H,41,43)(H,42,44)(H,45,50)/t32-,33-,34+/m0/s1. The number of aliphatic hydroxyl groups is 1. The number of methoxy groups -OCH3 is 1. The van der Waals surface area contributed by atoms with Crippen LogP contribution in [0.25, 0.3) is 33.6 Å². The highest BCUT2D eigenvalue weighted by molar-refractivity contribution is 5.88. The molecule has 52 heavy (non-hydrogen) atoms. The third-order valence-corrected chi connectivity index (χ3v) is 10.5. The van der Waals surface area contributed by atoms with Gasteiger partial charge in [0.05, 0.1) is 43.0 Å². The van der Waals surface area contributed by atoms with Gasteiger partial charge in [0.15, 0.2) is 0 Å². The Kier molecular flexibility index (Phi) is 8.84. The van der Waals surface area contributed by atoms with E-state index >= 15 is 0 Å². The zero-order chi connectivity index (χ0) is 35.8. The Bertz CT molecular complexity index is 2070. The Balaban J connectivity index is 0.936. The first-order valence-corrected chi connectivity index (χ1v) is 17.9. The van der Waals surface area contributed by atoms with E-state index in [0.717, 1.165) is 65.1 Å². The molecule has 0 unspecified atom stereocenters. The van der Waals surface area contributed by atoms with E-state index in [9.17, 15) is 19.5 Å². The number of imidazole rings is 2. The first-order chi connectivity index (χ1) is 25.3. The molecule has 3 aromatic carbocycles. The lowest BCUT2D eigenvalue weighted by molar-refractivity contribution is -0.143. The molecule has 8 rings (SSSR count). The molecule has 2 aliphatic heterocycles. The minimum Gasteiger partial charge on any atom is -0.453 e. The summed E-state index contributed by atoms with van der Waals surface area (Å²) in [6.45, 7) is 1.20. The summed E-state index contributed by atoms with van der Waals surface area (Å²) in [6, 6.07) is 24.5. The number of amides is 3. The summed E-state index contributed by atoms with van der Waals surface area (Å²) < 4.78 is 4.82. The van der Waals surface area contributed by atoms with E-state index in [2.05, 4.69) is 73.8 Å². The van der Waals surface area contributed by atoms with E-state index in [-0.39, 0.29) is 23.9 Å². The van der Waals surface area contributed by atoms with Crippen molar-refractivity contribution >= 4 is 17.9 Å². The van der Waals surface area contributed by atoms with Crippen molar-refractivity contribution in [2.24, 2.45) is 0 Å². The summed E-state index contributed by atoms with van der Waals surface area (Å²) in [7, 11) is 1.28. The fourth-order valence-corrected chi connectivity index (χ4v) is 7.47. The number of alkyl carbamates (subject to hydrolysis) is 1. The van der Waals surface area contributed by atoms with Crippen molar-refractivity contribution < 1.29 is 24.2 Å². The molecule has 0 spiro atoms. The molecular weight excluding hydrogens is 658 g/mol. The summed E-state index contributed by atoms with van der Waals surface area (Å²) in [5.74, 6) is 1.08. The van der Waals surface area contributed by atoms with Crippen LogP contribution in [-0.4, -0.2) is 78.6 Å². The maximum atomic E-state index is 13.8. The highest BCUT2D eigenvalue weighted by Crippen LogP contribution is 2.42. The van der Waals surface area contributed by atoms with Crippen LogP contribution in [0.3, 0.4) is 0 Å². The number of rotatable bonds is 9. The first-order valence-electron chi connectivity index (χ1n) is 17.9. The largest absolute Gasteiger partial charge is 0.453 e. The number of carbonyl (C=O) groups excluding carboxylic acids is 3. The van der Waals surface area contributed by atoms with Gasteiger partial charge in [-0.25, -0.2) is 14.8 Å². The van der Waals surface area contributed by atoms with Gasteiger partial charge < -0.3 is 34.9 Å². The molecule has 0 radical (unpaired) electrons. The van der Waals surface area contributed by atoms with Crippen LogP contribution in [0.15, 0.2) is 91.3 Å². The summed E-state index contributed by atoms with van der Waals surface area (Å²) in [5.41, 5.74) is 5.35. The second kappa shape index (κ2) is 13.8. The van der Waals surface area contributed by atoms with Crippen molar-refractivity contribution in [3.05, 3.63) is 108 Å². The average Bonchev–Trinajstić information content (AvgIpc) is 3.79. The molecular formula is C40H41N7O5. The molecule has 12 nitrogen and oxygen atoms in total. The van der Waals surface area contributed by atoms with Crippen molar-refractivity contribution in [2.75, 3.05) is 20.2 Å². The lowest BCUT2D eigenvalue weighted by Crippen LogP contribution is -2.42. The third kappa shape index (κ3) is 6.45. The number of H-pyrrole nitrogens is 2. The maximum absolute atomic E-state index is 13.8. The van der Waals surface area contributed by atoms with Gasteiger partial charge in [-0.1, -0.05) is 78.9 Å². The predicted molar refractivity (Wildman–Crippen MR) is 193 cm³/mol. The summed E-state index contributed by atoms with van der Waals surface area (Å²) in [4.78, 5) is 58.6. The minimum absolute atomic E-state index is 0.142. The van der Waals surface area contributed by atoms with E-state index in [1.807, 2.05) is 36.5 Å². The molecule has 266 valence electrons. The van der Waals surface area contributed by atoms with Gasteiger partial charge in [0.1, 0.15) is 23.3 Å². The molecule has 3 amide bonds. The monoisotopic (exact) mass is 699 g/mol. The van der Waals surface area contributed by atoms with Crippen LogP contribution in [0.1, 0.15) is 73.9 Å². The number of benzene rings is 3. The van der Waals surface area contributed by atoms with Gasteiger partial charge in [0.25, 0.3) is 11.8 Å². The molecule has 3 aliphatic rings. The Morgan fingerprint density at radius 3 is 1.79 bits per heavy atom. The van der Waals surface area contributed by atoms with Crippen molar-refractivity contribution in [3.63, 3.8) is 0 Å². The van der Waals surface area contributed by atoms with Gasteiger partial charge in [-0.05, 0) is 66.3 Å². The zero-order valence-electron chi connectivity index (χ0n) is 28.9. The number of aromatic nitrogens is 4. The number of hydrogen-bond donors (Lipinski definition) is 4. The number of hydrogen-bond acceptors (Lipinski definition) is 7. The SMILES string of the molecule is COC(=O)N[C@@H](C(=O)N1CCC[C@H]1c1ncc(-c2ccc(-c3ccc(-c4cnc([C@@H]5CCCN5C(=O)C5(O)CC5)[nH]4)cc3)cc2)[nH]1)c1ccccc1.